The van der Waals surface area contributed by atoms with E-state index in [9.17, 15) is 14.9 Å². The summed E-state index contributed by atoms with van der Waals surface area (Å²) in [6.45, 7) is 3.85. The highest BCUT2D eigenvalue weighted by Gasteiger charge is 2.20. The van der Waals surface area contributed by atoms with Crippen LogP contribution in [0.1, 0.15) is 25.2 Å². The topological polar surface area (TPSA) is 99.6 Å². The number of aromatic nitrogens is 2. The van der Waals surface area contributed by atoms with Gasteiger partial charge in [-0.2, -0.15) is 9.78 Å². The lowest BCUT2D eigenvalue weighted by molar-refractivity contribution is -0.385. The standard InChI is InChI=1S/C19H16Br2N4O4/c1-3-17-23-15-6-5-12(20)8-14(15)19(26)24(17)22-10-11-7-13(21)9-16(25(27)28)18(11)29-4-2/h5-10H,3-4H2,1-2H3. The highest BCUT2D eigenvalue weighted by molar-refractivity contribution is 9.10. The van der Waals surface area contributed by atoms with Crippen LogP contribution in [0.4, 0.5) is 5.69 Å². The Bertz CT molecular complexity index is 1190. The first-order valence-corrected chi connectivity index (χ1v) is 10.3. The Morgan fingerprint density at radius 2 is 2.00 bits per heavy atom. The monoisotopic (exact) mass is 522 g/mol. The van der Waals surface area contributed by atoms with Crippen LogP contribution in [0, 0.1) is 10.1 Å². The molecule has 0 fully saturated rings. The van der Waals surface area contributed by atoms with Crippen molar-refractivity contribution in [2.45, 2.75) is 20.3 Å². The number of nitro groups is 1. The molecule has 0 N–H and O–H groups in total. The van der Waals surface area contributed by atoms with Gasteiger partial charge < -0.3 is 4.74 Å². The quantitative estimate of drug-likeness (QED) is 0.265. The van der Waals surface area contributed by atoms with E-state index in [0.717, 1.165) is 4.47 Å². The number of ether oxygens (including phenoxy) is 1. The van der Waals surface area contributed by atoms with Crippen molar-refractivity contribution in [1.29, 1.82) is 0 Å². The first kappa shape index (κ1) is 21.1. The number of fused-ring (bicyclic) bond motifs is 1. The van der Waals surface area contributed by atoms with Gasteiger partial charge in [-0.05, 0) is 31.2 Å². The van der Waals surface area contributed by atoms with Crippen molar-refractivity contribution < 1.29 is 9.66 Å². The second kappa shape index (κ2) is 8.83. The Morgan fingerprint density at radius 3 is 2.66 bits per heavy atom. The molecule has 0 radical (unpaired) electrons. The lowest BCUT2D eigenvalue weighted by atomic mass is 10.2. The van der Waals surface area contributed by atoms with Crippen molar-refractivity contribution in [2.24, 2.45) is 5.10 Å². The summed E-state index contributed by atoms with van der Waals surface area (Å²) >= 11 is 6.63. The maximum Gasteiger partial charge on any atom is 0.312 e. The minimum Gasteiger partial charge on any atom is -0.487 e. The zero-order chi connectivity index (χ0) is 21.1. The summed E-state index contributed by atoms with van der Waals surface area (Å²) in [6.07, 6.45) is 1.85. The van der Waals surface area contributed by atoms with E-state index >= 15 is 0 Å². The summed E-state index contributed by atoms with van der Waals surface area (Å²) < 4.78 is 7.94. The molecule has 0 aliphatic carbocycles. The van der Waals surface area contributed by atoms with Gasteiger partial charge in [0, 0.05) is 27.0 Å². The molecule has 10 heteroatoms. The van der Waals surface area contributed by atoms with Crippen LogP contribution in [-0.2, 0) is 6.42 Å². The number of halogens is 2. The van der Waals surface area contributed by atoms with E-state index in [1.807, 2.05) is 13.0 Å². The maximum atomic E-state index is 13.0. The van der Waals surface area contributed by atoms with Crippen molar-refractivity contribution in [3.05, 3.63) is 71.1 Å². The van der Waals surface area contributed by atoms with Gasteiger partial charge in [0.25, 0.3) is 5.56 Å². The fourth-order valence-electron chi connectivity index (χ4n) is 2.80. The summed E-state index contributed by atoms with van der Waals surface area (Å²) in [5.74, 6) is 0.565. The lowest BCUT2D eigenvalue weighted by Crippen LogP contribution is -2.22. The van der Waals surface area contributed by atoms with Crippen molar-refractivity contribution in [1.82, 2.24) is 9.66 Å². The van der Waals surface area contributed by atoms with Crippen LogP contribution >= 0.6 is 31.9 Å². The van der Waals surface area contributed by atoms with E-state index in [1.165, 1.54) is 17.0 Å². The summed E-state index contributed by atoms with van der Waals surface area (Å²) in [7, 11) is 0. The van der Waals surface area contributed by atoms with Gasteiger partial charge >= 0.3 is 5.69 Å². The van der Waals surface area contributed by atoms with Crippen LogP contribution in [-0.4, -0.2) is 27.4 Å². The number of nitrogens with zero attached hydrogens (tertiary/aromatic N) is 4. The summed E-state index contributed by atoms with van der Waals surface area (Å²) in [5, 5.41) is 16.1. The zero-order valence-electron chi connectivity index (χ0n) is 15.6. The van der Waals surface area contributed by atoms with Crippen molar-refractivity contribution in [3.63, 3.8) is 0 Å². The highest BCUT2D eigenvalue weighted by atomic mass is 79.9. The third kappa shape index (κ3) is 4.38. The predicted octanol–water partition coefficient (Wildman–Crippen LogP) is 4.67. The van der Waals surface area contributed by atoms with E-state index in [1.54, 1.807) is 25.1 Å². The maximum absolute atomic E-state index is 13.0. The Kier molecular flexibility index (Phi) is 6.43. The minimum atomic E-state index is -0.522. The molecule has 0 saturated heterocycles. The van der Waals surface area contributed by atoms with Crippen LogP contribution in [0.15, 0.2) is 49.2 Å². The van der Waals surface area contributed by atoms with Crippen LogP contribution < -0.4 is 10.3 Å². The Labute approximate surface area is 182 Å². The number of aryl methyl sites for hydroxylation is 1. The van der Waals surface area contributed by atoms with E-state index in [4.69, 9.17) is 4.74 Å². The first-order valence-electron chi connectivity index (χ1n) is 8.72. The Balaban J connectivity index is 2.20. The van der Waals surface area contributed by atoms with Gasteiger partial charge in [0.2, 0.25) is 5.75 Å². The number of benzene rings is 2. The Hall–Kier alpha value is -2.59. The molecule has 0 aliphatic heterocycles. The zero-order valence-corrected chi connectivity index (χ0v) is 18.7. The molecule has 0 spiro atoms. The molecule has 0 aliphatic rings. The van der Waals surface area contributed by atoms with E-state index in [2.05, 4.69) is 41.9 Å². The summed E-state index contributed by atoms with van der Waals surface area (Å²) in [4.78, 5) is 28.4. The van der Waals surface area contributed by atoms with Gasteiger partial charge in [-0.3, -0.25) is 14.9 Å². The second-order valence-corrected chi connectivity index (χ2v) is 7.77. The number of hydrogen-bond acceptors (Lipinski definition) is 6. The SMILES string of the molecule is CCOc1c(C=Nn2c(CC)nc3ccc(Br)cc3c2=O)cc(Br)cc1[N+](=O)[O-]. The fraction of sp³-hybridized carbons (Fsp3) is 0.211. The average Bonchev–Trinajstić information content (AvgIpc) is 2.68. The van der Waals surface area contributed by atoms with Gasteiger partial charge in [-0.1, -0.05) is 38.8 Å². The number of nitro benzene ring substituents is 1. The van der Waals surface area contributed by atoms with Crippen LogP contribution in [0.3, 0.4) is 0 Å². The third-order valence-corrected chi connectivity index (χ3v) is 5.00. The van der Waals surface area contributed by atoms with Crippen LogP contribution in [0.25, 0.3) is 10.9 Å². The molecule has 3 aromatic rings. The van der Waals surface area contributed by atoms with E-state index < -0.39 is 4.92 Å². The molecule has 0 atom stereocenters. The van der Waals surface area contributed by atoms with Gasteiger partial charge in [0.05, 0.1) is 28.6 Å². The smallest absolute Gasteiger partial charge is 0.312 e. The predicted molar refractivity (Wildman–Crippen MR) is 118 cm³/mol. The van der Waals surface area contributed by atoms with Crippen molar-refractivity contribution in [2.75, 3.05) is 6.61 Å². The first-order chi connectivity index (χ1) is 13.8. The molecule has 0 bridgehead atoms. The minimum absolute atomic E-state index is 0.0899. The molecule has 3 rings (SSSR count). The number of hydrogen-bond donors (Lipinski definition) is 0. The fourth-order valence-corrected chi connectivity index (χ4v) is 3.62. The molecular weight excluding hydrogens is 508 g/mol. The molecule has 0 amide bonds. The van der Waals surface area contributed by atoms with Crippen molar-refractivity contribution >= 4 is 54.7 Å². The largest absolute Gasteiger partial charge is 0.487 e. The molecule has 150 valence electrons. The summed E-state index contributed by atoms with van der Waals surface area (Å²) in [6, 6.07) is 8.27. The molecular formula is C19H16Br2N4O4. The van der Waals surface area contributed by atoms with Crippen LogP contribution in [0.5, 0.6) is 5.75 Å². The van der Waals surface area contributed by atoms with Gasteiger partial charge in [0.1, 0.15) is 5.82 Å². The molecule has 8 nitrogen and oxygen atoms in total. The lowest BCUT2D eigenvalue weighted by Gasteiger charge is -2.10. The second-order valence-electron chi connectivity index (χ2n) is 5.94. The van der Waals surface area contributed by atoms with Crippen molar-refractivity contribution in [3.8, 4) is 5.75 Å². The average molecular weight is 524 g/mol. The van der Waals surface area contributed by atoms with Gasteiger partial charge in [-0.15, -0.1) is 0 Å². The molecule has 0 unspecified atom stereocenters. The van der Waals surface area contributed by atoms with Gasteiger partial charge in [0.15, 0.2) is 0 Å². The molecule has 0 saturated carbocycles. The normalized spacial score (nSPS) is 11.3. The van der Waals surface area contributed by atoms with E-state index in [0.29, 0.717) is 33.2 Å². The molecule has 1 aromatic heterocycles. The van der Waals surface area contributed by atoms with E-state index in [-0.39, 0.29) is 23.6 Å². The third-order valence-electron chi connectivity index (χ3n) is 4.05. The number of rotatable bonds is 6. The Morgan fingerprint density at radius 1 is 1.24 bits per heavy atom. The molecule has 29 heavy (non-hydrogen) atoms. The van der Waals surface area contributed by atoms with Gasteiger partial charge in [-0.25, -0.2) is 4.98 Å². The van der Waals surface area contributed by atoms with Crippen LogP contribution in [0.2, 0.25) is 0 Å². The molecule has 1 heterocycles. The summed E-state index contributed by atoms with van der Waals surface area (Å²) in [5.41, 5.74) is 0.434. The molecule has 2 aromatic carbocycles. The highest BCUT2D eigenvalue weighted by Crippen LogP contribution is 2.33.